The van der Waals surface area contributed by atoms with Gasteiger partial charge in [0, 0.05) is 19.3 Å². The lowest BCUT2D eigenvalue weighted by Crippen LogP contribution is -2.51. The van der Waals surface area contributed by atoms with Gasteiger partial charge < -0.3 is 14.2 Å². The zero-order valence-corrected chi connectivity index (χ0v) is 13.1. The third-order valence-electron chi connectivity index (χ3n) is 3.42. The molecule has 0 aromatic rings. The summed E-state index contributed by atoms with van der Waals surface area (Å²) in [5, 5.41) is 3.38. The van der Waals surface area contributed by atoms with E-state index in [1.165, 1.54) is 7.11 Å². The highest BCUT2D eigenvalue weighted by Gasteiger charge is 2.38. The van der Waals surface area contributed by atoms with Gasteiger partial charge in [0.15, 0.2) is 0 Å². The summed E-state index contributed by atoms with van der Waals surface area (Å²) < 4.78 is 15.7. The second-order valence-electron chi connectivity index (χ2n) is 5.57. The van der Waals surface area contributed by atoms with E-state index >= 15 is 0 Å². The molecular formula is C15H29NO4. The number of hydrogen-bond donors (Lipinski definition) is 1. The Morgan fingerprint density at radius 3 is 2.40 bits per heavy atom. The van der Waals surface area contributed by atoms with Crippen molar-refractivity contribution in [3.8, 4) is 0 Å². The van der Waals surface area contributed by atoms with Crippen LogP contribution in [0.4, 0.5) is 0 Å². The van der Waals surface area contributed by atoms with Crippen LogP contribution < -0.4 is 5.32 Å². The fourth-order valence-corrected chi connectivity index (χ4v) is 2.13. The van der Waals surface area contributed by atoms with Crippen LogP contribution in [-0.4, -0.2) is 51.1 Å². The summed E-state index contributed by atoms with van der Waals surface area (Å²) in [6, 6.07) is 0.475. The van der Waals surface area contributed by atoms with Gasteiger partial charge in [0.05, 0.1) is 20.3 Å². The van der Waals surface area contributed by atoms with E-state index in [-0.39, 0.29) is 5.97 Å². The molecule has 1 unspecified atom stereocenters. The van der Waals surface area contributed by atoms with Crippen molar-refractivity contribution in [2.45, 2.75) is 57.5 Å². The molecule has 20 heavy (non-hydrogen) atoms. The number of ether oxygens (including phenoxy) is 3. The van der Waals surface area contributed by atoms with Crippen molar-refractivity contribution in [1.82, 2.24) is 5.32 Å². The van der Waals surface area contributed by atoms with Crippen molar-refractivity contribution >= 4 is 5.97 Å². The number of hydrogen-bond acceptors (Lipinski definition) is 5. The monoisotopic (exact) mass is 287 g/mol. The third-order valence-corrected chi connectivity index (χ3v) is 3.42. The van der Waals surface area contributed by atoms with E-state index in [1.54, 1.807) is 0 Å². The third kappa shape index (κ3) is 6.68. The summed E-state index contributed by atoms with van der Waals surface area (Å²) in [5.41, 5.74) is -0.585. The van der Waals surface area contributed by atoms with Gasteiger partial charge in [-0.1, -0.05) is 6.92 Å². The number of carbonyl (C=O) groups excluding carboxylic acids is 1. The molecule has 0 saturated heterocycles. The number of esters is 1. The molecule has 0 heterocycles. The van der Waals surface area contributed by atoms with Crippen LogP contribution in [-0.2, 0) is 19.0 Å². The summed E-state index contributed by atoms with van der Waals surface area (Å²) in [4.78, 5) is 11.9. The predicted molar refractivity (Wildman–Crippen MR) is 77.7 cm³/mol. The average molecular weight is 287 g/mol. The Kier molecular flexibility index (Phi) is 8.11. The second kappa shape index (κ2) is 9.32. The van der Waals surface area contributed by atoms with Gasteiger partial charge in [-0.25, -0.2) is 0 Å². The molecule has 0 aliphatic heterocycles. The van der Waals surface area contributed by atoms with E-state index in [4.69, 9.17) is 14.2 Å². The fraction of sp³-hybridized carbons (Fsp3) is 0.933. The van der Waals surface area contributed by atoms with Crippen LogP contribution in [0.25, 0.3) is 0 Å². The molecule has 0 bridgehead atoms. The van der Waals surface area contributed by atoms with Gasteiger partial charge in [-0.3, -0.25) is 10.1 Å². The van der Waals surface area contributed by atoms with E-state index < -0.39 is 5.54 Å². The molecule has 1 atom stereocenters. The minimum absolute atomic E-state index is 0.185. The van der Waals surface area contributed by atoms with E-state index in [0.717, 1.165) is 38.7 Å². The van der Waals surface area contributed by atoms with Crippen molar-refractivity contribution in [1.29, 1.82) is 0 Å². The summed E-state index contributed by atoms with van der Waals surface area (Å²) in [5.74, 6) is -0.185. The topological polar surface area (TPSA) is 56.8 Å². The van der Waals surface area contributed by atoms with Crippen LogP contribution in [0.15, 0.2) is 0 Å². The molecule has 118 valence electrons. The first-order valence-electron chi connectivity index (χ1n) is 7.64. The number of carbonyl (C=O) groups is 1. The number of methoxy groups -OCH3 is 1. The normalized spacial score (nSPS) is 17.8. The van der Waals surface area contributed by atoms with Crippen molar-refractivity contribution in [2.75, 3.05) is 33.5 Å². The molecule has 0 radical (unpaired) electrons. The summed E-state index contributed by atoms with van der Waals surface area (Å²) in [7, 11) is 1.44. The average Bonchev–Trinajstić information content (AvgIpc) is 3.24. The molecule has 1 saturated carbocycles. The molecule has 0 spiro atoms. The molecule has 0 amide bonds. The summed E-state index contributed by atoms with van der Waals surface area (Å²) >= 11 is 0. The highest BCUT2D eigenvalue weighted by Crippen LogP contribution is 2.25. The molecule has 1 fully saturated rings. The molecule has 1 rings (SSSR count). The Morgan fingerprint density at radius 1 is 1.20 bits per heavy atom. The minimum Gasteiger partial charge on any atom is -0.468 e. The quantitative estimate of drug-likeness (QED) is 0.439. The summed E-state index contributed by atoms with van der Waals surface area (Å²) in [6.07, 6.45) is 4.89. The van der Waals surface area contributed by atoms with Crippen LogP contribution in [0.2, 0.25) is 0 Å². The largest absolute Gasteiger partial charge is 0.468 e. The Hall–Kier alpha value is -0.650. The zero-order chi connectivity index (χ0) is 14.8. The standard InChI is InChI=1S/C15H29NO4/c1-4-9-19-11-12-20-10-5-8-15(2,14(17)18-3)16-13-6-7-13/h13,16H,4-12H2,1-3H3. The van der Waals surface area contributed by atoms with Crippen LogP contribution >= 0.6 is 0 Å². The van der Waals surface area contributed by atoms with Crippen molar-refractivity contribution in [2.24, 2.45) is 0 Å². The lowest BCUT2D eigenvalue weighted by molar-refractivity contribution is -0.148. The first-order valence-corrected chi connectivity index (χ1v) is 7.64. The van der Waals surface area contributed by atoms with Crippen LogP contribution in [0.5, 0.6) is 0 Å². The maximum Gasteiger partial charge on any atom is 0.325 e. The Morgan fingerprint density at radius 2 is 1.85 bits per heavy atom. The zero-order valence-electron chi connectivity index (χ0n) is 13.1. The predicted octanol–water partition coefficient (Wildman–Crippen LogP) is 1.89. The van der Waals surface area contributed by atoms with Crippen molar-refractivity contribution < 1.29 is 19.0 Å². The molecule has 5 nitrogen and oxygen atoms in total. The SMILES string of the molecule is CCCOCCOCCCC(C)(NC1CC1)C(=O)OC. The van der Waals surface area contributed by atoms with Gasteiger partial charge in [-0.05, 0) is 39.0 Å². The number of rotatable bonds is 12. The Bertz CT molecular complexity index is 281. The van der Waals surface area contributed by atoms with E-state index in [0.29, 0.717) is 25.9 Å². The van der Waals surface area contributed by atoms with Gasteiger partial charge in [0.25, 0.3) is 0 Å². The lowest BCUT2D eigenvalue weighted by atomic mass is 9.96. The van der Waals surface area contributed by atoms with Gasteiger partial charge in [0.1, 0.15) is 5.54 Å². The van der Waals surface area contributed by atoms with Gasteiger partial charge in [-0.2, -0.15) is 0 Å². The molecule has 1 aliphatic rings. The number of nitrogens with one attached hydrogen (secondary N) is 1. The maximum atomic E-state index is 11.9. The van der Waals surface area contributed by atoms with Crippen LogP contribution in [0.3, 0.4) is 0 Å². The van der Waals surface area contributed by atoms with E-state index in [1.807, 2.05) is 6.92 Å². The maximum absolute atomic E-state index is 11.9. The highest BCUT2D eigenvalue weighted by atomic mass is 16.5. The molecule has 1 N–H and O–H groups in total. The minimum atomic E-state index is -0.585. The van der Waals surface area contributed by atoms with Gasteiger partial charge in [-0.15, -0.1) is 0 Å². The Labute approximate surface area is 122 Å². The van der Waals surface area contributed by atoms with Crippen molar-refractivity contribution in [3.63, 3.8) is 0 Å². The lowest BCUT2D eigenvalue weighted by Gasteiger charge is -2.28. The molecule has 5 heteroatoms. The second-order valence-corrected chi connectivity index (χ2v) is 5.57. The smallest absolute Gasteiger partial charge is 0.325 e. The fourth-order valence-electron chi connectivity index (χ4n) is 2.13. The molecule has 0 aromatic heterocycles. The van der Waals surface area contributed by atoms with Crippen LogP contribution in [0.1, 0.15) is 46.0 Å². The molecular weight excluding hydrogens is 258 g/mol. The van der Waals surface area contributed by atoms with E-state index in [9.17, 15) is 4.79 Å². The highest BCUT2D eigenvalue weighted by molar-refractivity contribution is 5.80. The van der Waals surface area contributed by atoms with Crippen molar-refractivity contribution in [3.05, 3.63) is 0 Å². The van der Waals surface area contributed by atoms with Crippen LogP contribution in [0, 0.1) is 0 Å². The molecule has 1 aliphatic carbocycles. The first kappa shape index (κ1) is 17.4. The van der Waals surface area contributed by atoms with Gasteiger partial charge in [0.2, 0.25) is 0 Å². The Balaban J connectivity index is 2.13. The summed E-state index contributed by atoms with van der Waals surface area (Å²) in [6.45, 7) is 6.69. The first-order chi connectivity index (χ1) is 9.62. The van der Waals surface area contributed by atoms with E-state index in [2.05, 4.69) is 12.2 Å². The molecule has 0 aromatic carbocycles. The van der Waals surface area contributed by atoms with Gasteiger partial charge >= 0.3 is 5.97 Å².